The lowest BCUT2D eigenvalue weighted by Gasteiger charge is -2.35. The number of hydrogen-bond acceptors (Lipinski definition) is 14. The highest BCUT2D eigenvalue weighted by Crippen LogP contribution is 2.38. The van der Waals surface area contributed by atoms with E-state index in [-0.39, 0.29) is 67.7 Å². The number of hydrogen-bond donors (Lipinski definition) is 10. The second-order valence-corrected chi connectivity index (χ2v) is 28.2. The van der Waals surface area contributed by atoms with E-state index in [2.05, 4.69) is 53.3 Å². The third kappa shape index (κ3) is 18.1. The number of aromatic nitrogens is 2. The zero-order valence-electron chi connectivity index (χ0n) is 55.9. The molecule has 23 nitrogen and oxygen atoms in total. The Labute approximate surface area is 584 Å². The van der Waals surface area contributed by atoms with Gasteiger partial charge in [-0.05, 0) is 119 Å². The van der Waals surface area contributed by atoms with Gasteiger partial charge < -0.3 is 61.7 Å². The second kappa shape index (κ2) is 33.1. The molecule has 1 saturated heterocycles. The molecule has 10 amide bonds. The third-order valence-corrected chi connectivity index (χ3v) is 20.7. The van der Waals surface area contributed by atoms with Gasteiger partial charge in [0.05, 0.1) is 12.6 Å². The first-order chi connectivity index (χ1) is 47.2. The maximum Gasteiger partial charge on any atom is 0.280 e. The van der Waals surface area contributed by atoms with E-state index in [0.29, 0.717) is 53.2 Å². The van der Waals surface area contributed by atoms with Crippen LogP contribution in [-0.2, 0) is 77.0 Å². The van der Waals surface area contributed by atoms with Crippen molar-refractivity contribution < 1.29 is 52.7 Å². The fraction of sp³-hybridized carbons (Fsp3) is 0.417. The van der Waals surface area contributed by atoms with Crippen molar-refractivity contribution in [3.05, 3.63) is 158 Å². The third-order valence-electron chi connectivity index (χ3n) is 18.2. The number of rotatable bonds is 9. The summed E-state index contributed by atoms with van der Waals surface area (Å²) in [5, 5.41) is 20.1. The van der Waals surface area contributed by atoms with Crippen molar-refractivity contribution in [3.8, 4) is 0 Å². The Morgan fingerprint density at radius 2 is 1.53 bits per heavy atom. The van der Waals surface area contributed by atoms with Crippen molar-refractivity contribution >= 4 is 125 Å². The number of H-pyrrole nitrogens is 2. The number of likely N-dealkylation sites (N-methyl/N-ethyl adjacent to an activating group) is 1. The molecule has 9 N–H and O–H groups in total. The molecule has 2 bridgehead atoms. The van der Waals surface area contributed by atoms with Crippen LogP contribution in [0, 0.1) is 19.8 Å². The van der Waals surface area contributed by atoms with E-state index in [1.165, 1.54) is 66.6 Å². The molecule has 1 saturated carbocycles. The second-order valence-electron chi connectivity index (χ2n) is 25.6. The normalized spacial score (nSPS) is 23.7. The van der Waals surface area contributed by atoms with Crippen molar-refractivity contribution in [1.82, 2.24) is 61.3 Å². The summed E-state index contributed by atoms with van der Waals surface area (Å²) in [6.07, 6.45) is 14.7. The molecule has 3 aliphatic heterocycles. The number of aromatic amines is 2. The summed E-state index contributed by atoms with van der Waals surface area (Å²) in [6, 6.07) is 13.7. The number of nitrogens with zero attached hydrogens (tertiary/aromatic N) is 3. The molecule has 3 aromatic carbocycles. The number of carbonyl (C=O) groups is 10. The Morgan fingerprint density at radius 3 is 2.28 bits per heavy atom. The van der Waals surface area contributed by atoms with Crippen molar-refractivity contribution in [2.45, 2.75) is 139 Å². The van der Waals surface area contributed by atoms with Crippen LogP contribution in [0.15, 0.2) is 108 Å². The Bertz CT molecular complexity index is 3990. The SMILES string of the molecule is CNC(=O)[C@@H]1CSCc2cccc(c2)CSCCC(=O)NC(C)C(=O)NCC(=O)N/C(=C/c2c[nH]c3ccc(C)cc23)C(=O)NC(C=Cc2c[nH]c3c2C=C(C)CC3)C(=O)N2CCC=C2C(=O)N(S)[C@@H](C(OC)C2CC2)C(=O)NC(Cc2ccc(C)cc2)C(=O)N2CCCC2C(=O)N1. The largest absolute Gasteiger partial charge is 0.378 e. The molecule has 10 rings (SSSR count). The average molecular weight is 1390 g/mol. The number of fused-ring (bicyclic) bond motifs is 6. The van der Waals surface area contributed by atoms with E-state index >= 15 is 24.0 Å². The van der Waals surface area contributed by atoms with Crippen molar-refractivity contribution in [2.24, 2.45) is 5.92 Å². The van der Waals surface area contributed by atoms with E-state index in [1.807, 2.05) is 87.5 Å². The number of methoxy groups -OCH3 is 1. The number of ether oxygens (including phenoxy) is 1. The quantitative estimate of drug-likeness (QED) is 0.0614. The van der Waals surface area contributed by atoms with Gasteiger partial charge in [-0.15, -0.1) is 0 Å². The van der Waals surface area contributed by atoms with Crippen LogP contribution in [0.4, 0.5) is 0 Å². The van der Waals surface area contributed by atoms with Gasteiger partial charge in [-0.1, -0.05) is 108 Å². The molecule has 0 spiro atoms. The van der Waals surface area contributed by atoms with E-state index in [4.69, 9.17) is 17.6 Å². The van der Waals surface area contributed by atoms with Crippen LogP contribution in [-0.4, -0.2) is 171 Å². The maximum absolute atomic E-state index is 15.5. The predicted molar refractivity (Wildman–Crippen MR) is 382 cm³/mol. The fourth-order valence-electron chi connectivity index (χ4n) is 12.7. The first-order valence-corrected chi connectivity index (χ1v) is 35.9. The van der Waals surface area contributed by atoms with Crippen molar-refractivity contribution in [2.75, 3.05) is 45.3 Å². The number of carbonyl (C=O) groups excluding carboxylic acids is 10. The summed E-state index contributed by atoms with van der Waals surface area (Å²) in [7, 11) is 2.91. The van der Waals surface area contributed by atoms with Crippen molar-refractivity contribution in [1.29, 1.82) is 0 Å². The fourth-order valence-corrected chi connectivity index (χ4v) is 14.9. The van der Waals surface area contributed by atoms with E-state index < -0.39 is 102 Å². The predicted octanol–water partition coefficient (Wildman–Crippen LogP) is 5.84. The average Bonchev–Trinajstić information content (AvgIpc) is 1.55. The first-order valence-electron chi connectivity index (χ1n) is 33.2. The van der Waals surface area contributed by atoms with Gasteiger partial charge in [-0.25, -0.2) is 0 Å². The maximum atomic E-state index is 15.5. The van der Waals surface area contributed by atoms with E-state index in [0.717, 1.165) is 67.1 Å². The lowest BCUT2D eigenvalue weighted by Crippen LogP contribution is -2.60. The monoisotopic (exact) mass is 1390 g/mol. The summed E-state index contributed by atoms with van der Waals surface area (Å²) < 4.78 is 6.99. The zero-order chi connectivity index (χ0) is 69.7. The zero-order valence-corrected chi connectivity index (χ0v) is 58.4. The van der Waals surface area contributed by atoms with E-state index in [1.54, 1.807) is 24.5 Å². The lowest BCUT2D eigenvalue weighted by atomic mass is 9.96. The topological polar surface area (TPSA) is 305 Å². The van der Waals surface area contributed by atoms with Gasteiger partial charge in [0.2, 0.25) is 41.4 Å². The molecule has 5 aliphatic rings. The van der Waals surface area contributed by atoms with Crippen LogP contribution in [0.3, 0.4) is 0 Å². The molecule has 5 aromatic rings. The number of nitrogens with one attached hydrogen (secondary N) is 9. The summed E-state index contributed by atoms with van der Waals surface area (Å²) in [4.78, 5) is 155. The number of benzene rings is 3. The molecule has 5 heterocycles. The van der Waals surface area contributed by atoms with Crippen LogP contribution >= 0.6 is 36.3 Å². The molecule has 98 heavy (non-hydrogen) atoms. The number of thioether (sulfide) groups is 2. The molecule has 26 heteroatoms. The van der Waals surface area contributed by atoms with Gasteiger partial charge in [0.1, 0.15) is 47.6 Å². The van der Waals surface area contributed by atoms with Crippen LogP contribution in [0.1, 0.15) is 109 Å². The van der Waals surface area contributed by atoms with Gasteiger partial charge in [-0.2, -0.15) is 23.5 Å². The molecule has 0 radical (unpaired) electrons. The molecule has 2 aromatic heterocycles. The highest BCUT2D eigenvalue weighted by molar-refractivity contribution is 7.98. The molecule has 2 aliphatic carbocycles. The van der Waals surface area contributed by atoms with Crippen LogP contribution in [0.25, 0.3) is 29.1 Å². The minimum absolute atomic E-state index is 0.00799. The van der Waals surface area contributed by atoms with Crippen LogP contribution in [0.5, 0.6) is 0 Å². The van der Waals surface area contributed by atoms with Gasteiger partial charge in [0, 0.05) is 103 Å². The molecule has 5 unspecified atom stereocenters. The van der Waals surface area contributed by atoms with Crippen LogP contribution in [0.2, 0.25) is 0 Å². The molecule has 2 fully saturated rings. The Kier molecular flexibility index (Phi) is 24.3. The Balaban J connectivity index is 0.986. The first kappa shape index (κ1) is 71.9. The number of allylic oxidation sites excluding steroid dienone is 1. The Morgan fingerprint density at radius 1 is 0.786 bits per heavy atom. The smallest absolute Gasteiger partial charge is 0.280 e. The summed E-state index contributed by atoms with van der Waals surface area (Å²) in [5.41, 5.74) is 9.09. The molecular weight excluding hydrogens is 1310 g/mol. The standard InChI is InChI=1S/C72H86N12O11S3/c1-41-14-18-45(19-15-41)33-57-71(93)82-27-8-12-59(82)68(90)81-58(66(88)73-5)40-98-39-47-11-7-10-46(32-47)38-97-29-26-61(85)77-44(4)65(87)76-37-62(86)78-56(34-50-36-75-54-24-17-43(3)31-52(50)54)67(89)79-55(25-22-49-35-74-53-23-16-42(2)30-51(49)53)70(92)83-28-9-13-60(83)72(94)84(96)63(69(91)80-57)64(95-6)48-20-21-48/h7,10-11,13-15,17-19,22,24-25,30-32,34-36,44,48,55,57-59,63-64,74-75,96H,8-9,12,16,20-21,23,26-29,33,37-40H2,1-6H3,(H,73,88)(H,76,87)(H,77,85)(H,78,86)(H,79,89)(H,80,91)(H,81,90)/b25-22?,56-34+/t44?,55?,57?,58-,59?,63-,64?/m0/s1. The lowest BCUT2D eigenvalue weighted by molar-refractivity contribution is -0.144. The minimum atomic E-state index is -1.53. The summed E-state index contributed by atoms with van der Waals surface area (Å²) >= 11 is 7.79. The highest BCUT2D eigenvalue weighted by Gasteiger charge is 2.48. The van der Waals surface area contributed by atoms with Gasteiger partial charge in [-0.3, -0.25) is 52.3 Å². The number of amides is 10. The highest BCUT2D eigenvalue weighted by atomic mass is 32.2. The molecule has 7 atom stereocenters. The van der Waals surface area contributed by atoms with Gasteiger partial charge in [0.25, 0.3) is 17.7 Å². The van der Waals surface area contributed by atoms with Gasteiger partial charge in [0.15, 0.2) is 0 Å². The summed E-state index contributed by atoms with van der Waals surface area (Å²) in [5.74, 6) is -5.16. The van der Waals surface area contributed by atoms with Gasteiger partial charge >= 0.3 is 0 Å². The minimum Gasteiger partial charge on any atom is -0.378 e. The van der Waals surface area contributed by atoms with E-state index in [9.17, 15) is 24.0 Å². The summed E-state index contributed by atoms with van der Waals surface area (Å²) in [6.45, 7) is 6.89. The molecule has 518 valence electrons. The molecular formula is C72H86N12O11S3. The Hall–Kier alpha value is -8.85. The van der Waals surface area contributed by atoms with Crippen molar-refractivity contribution in [3.63, 3.8) is 0 Å². The van der Waals surface area contributed by atoms with Crippen LogP contribution < -0.4 is 37.2 Å². The number of aryl methyl sites for hydroxylation is 3. The number of thiol groups is 1.